The first-order valence-corrected chi connectivity index (χ1v) is 8.17. The number of nitrogens with zero attached hydrogens (tertiary/aromatic N) is 2. The molecule has 24 heavy (non-hydrogen) atoms. The van der Waals surface area contributed by atoms with Crippen LogP contribution in [0.3, 0.4) is 0 Å². The molecule has 2 heterocycles. The Morgan fingerprint density at radius 1 is 1.38 bits per heavy atom. The van der Waals surface area contributed by atoms with Crippen molar-refractivity contribution in [2.24, 2.45) is 5.92 Å². The average molecular weight is 330 g/mol. The highest BCUT2D eigenvalue weighted by atomic mass is 16.5. The molecule has 6 nitrogen and oxygen atoms in total. The number of hydrogen-bond donors (Lipinski definition) is 1. The van der Waals surface area contributed by atoms with E-state index in [1.165, 1.54) is 0 Å². The van der Waals surface area contributed by atoms with Gasteiger partial charge in [0.25, 0.3) is 5.91 Å². The van der Waals surface area contributed by atoms with Crippen LogP contribution in [0.2, 0.25) is 0 Å². The number of carbonyl (C=O) groups excluding carboxylic acids is 1. The smallest absolute Gasteiger partial charge is 0.292 e. The standard InChI is InChI=1S/C18H22N2O4/c1-12(2)7-15-9-17(24-19-15)18(22)20-5-6-23-16-4-3-13(11-21)8-14(16)10-20/h3-4,8-9,12,21H,5-7,10-11H2,1-2H3. The number of ether oxygens (including phenoxy) is 1. The molecular formula is C18H22N2O4. The van der Waals surface area contributed by atoms with Crippen molar-refractivity contribution in [2.75, 3.05) is 13.2 Å². The zero-order valence-corrected chi connectivity index (χ0v) is 14.0. The van der Waals surface area contributed by atoms with Crippen LogP contribution < -0.4 is 4.74 Å². The number of amides is 1. The van der Waals surface area contributed by atoms with E-state index in [1.54, 1.807) is 11.0 Å². The van der Waals surface area contributed by atoms with Crippen LogP contribution in [-0.4, -0.2) is 34.2 Å². The minimum atomic E-state index is -0.191. The average Bonchev–Trinajstić information content (AvgIpc) is 2.91. The maximum atomic E-state index is 12.7. The van der Waals surface area contributed by atoms with E-state index in [4.69, 9.17) is 9.26 Å². The van der Waals surface area contributed by atoms with Crippen molar-refractivity contribution < 1.29 is 19.2 Å². The van der Waals surface area contributed by atoms with Gasteiger partial charge in [-0.3, -0.25) is 4.79 Å². The summed E-state index contributed by atoms with van der Waals surface area (Å²) < 4.78 is 10.9. The molecule has 0 bridgehead atoms. The summed E-state index contributed by atoms with van der Waals surface area (Å²) in [6.07, 6.45) is 0.780. The van der Waals surface area contributed by atoms with Crippen molar-refractivity contribution in [3.63, 3.8) is 0 Å². The van der Waals surface area contributed by atoms with Crippen LogP contribution in [0.4, 0.5) is 0 Å². The van der Waals surface area contributed by atoms with Crippen LogP contribution in [0.15, 0.2) is 28.8 Å². The second-order valence-electron chi connectivity index (χ2n) is 6.46. The van der Waals surface area contributed by atoms with Gasteiger partial charge in [-0.2, -0.15) is 0 Å². The summed E-state index contributed by atoms with van der Waals surface area (Å²) in [7, 11) is 0. The summed E-state index contributed by atoms with van der Waals surface area (Å²) in [5.74, 6) is 1.27. The molecule has 0 fully saturated rings. The fourth-order valence-electron chi connectivity index (χ4n) is 2.80. The van der Waals surface area contributed by atoms with E-state index in [0.717, 1.165) is 29.0 Å². The van der Waals surface area contributed by atoms with Crippen molar-refractivity contribution in [3.05, 3.63) is 46.8 Å². The minimum Gasteiger partial charge on any atom is -0.491 e. The Hall–Kier alpha value is -2.34. The van der Waals surface area contributed by atoms with Crippen molar-refractivity contribution in [1.82, 2.24) is 10.1 Å². The summed E-state index contributed by atoms with van der Waals surface area (Å²) in [5.41, 5.74) is 2.47. The lowest BCUT2D eigenvalue weighted by atomic mass is 10.1. The van der Waals surface area contributed by atoms with E-state index >= 15 is 0 Å². The van der Waals surface area contributed by atoms with Gasteiger partial charge in [0.15, 0.2) is 0 Å². The van der Waals surface area contributed by atoms with Crippen molar-refractivity contribution in [1.29, 1.82) is 0 Å². The Labute approximate surface area is 141 Å². The monoisotopic (exact) mass is 330 g/mol. The van der Waals surface area contributed by atoms with Crippen LogP contribution >= 0.6 is 0 Å². The first-order valence-electron chi connectivity index (χ1n) is 8.17. The van der Waals surface area contributed by atoms with Crippen LogP contribution in [0.25, 0.3) is 0 Å². The Balaban J connectivity index is 1.78. The molecule has 6 heteroatoms. The lowest BCUT2D eigenvalue weighted by molar-refractivity contribution is 0.0691. The van der Waals surface area contributed by atoms with Gasteiger partial charge in [-0.15, -0.1) is 0 Å². The number of benzene rings is 1. The van der Waals surface area contributed by atoms with Gasteiger partial charge in [0, 0.05) is 18.2 Å². The SMILES string of the molecule is CC(C)Cc1cc(C(=O)N2CCOc3ccc(CO)cc3C2)on1. The number of aliphatic hydroxyl groups excluding tert-OH is 1. The normalized spacial score (nSPS) is 14.2. The third kappa shape index (κ3) is 3.59. The van der Waals surface area contributed by atoms with Gasteiger partial charge in [-0.05, 0) is 30.0 Å². The van der Waals surface area contributed by atoms with E-state index in [1.807, 2.05) is 18.2 Å². The first kappa shape index (κ1) is 16.5. The molecule has 0 atom stereocenters. The Bertz CT molecular complexity index is 724. The molecule has 0 saturated heterocycles. The third-order valence-corrected chi connectivity index (χ3v) is 3.96. The third-order valence-electron chi connectivity index (χ3n) is 3.96. The van der Waals surface area contributed by atoms with Gasteiger partial charge in [-0.1, -0.05) is 25.1 Å². The highest BCUT2D eigenvalue weighted by molar-refractivity contribution is 5.91. The maximum Gasteiger partial charge on any atom is 0.292 e. The molecule has 1 N–H and O–H groups in total. The number of hydrogen-bond acceptors (Lipinski definition) is 5. The van der Waals surface area contributed by atoms with E-state index in [-0.39, 0.29) is 18.3 Å². The molecule has 1 aromatic carbocycles. The van der Waals surface area contributed by atoms with Gasteiger partial charge in [0.2, 0.25) is 5.76 Å². The van der Waals surface area contributed by atoms with Crippen LogP contribution in [0.5, 0.6) is 5.75 Å². The van der Waals surface area contributed by atoms with Gasteiger partial charge in [0.1, 0.15) is 12.4 Å². The van der Waals surface area contributed by atoms with E-state index < -0.39 is 0 Å². The summed E-state index contributed by atoms with van der Waals surface area (Å²) in [5, 5.41) is 13.3. The molecule has 1 aromatic heterocycles. The number of rotatable bonds is 4. The highest BCUT2D eigenvalue weighted by Crippen LogP contribution is 2.25. The van der Waals surface area contributed by atoms with Crippen LogP contribution in [0.1, 0.15) is 41.2 Å². The van der Waals surface area contributed by atoms with Crippen LogP contribution in [-0.2, 0) is 19.6 Å². The fourth-order valence-corrected chi connectivity index (χ4v) is 2.80. The molecule has 0 saturated carbocycles. The lowest BCUT2D eigenvalue weighted by Gasteiger charge is -2.18. The number of aromatic nitrogens is 1. The zero-order chi connectivity index (χ0) is 17.1. The Morgan fingerprint density at radius 3 is 2.96 bits per heavy atom. The minimum absolute atomic E-state index is 0.0398. The number of aliphatic hydroxyl groups is 1. The van der Waals surface area contributed by atoms with E-state index in [0.29, 0.717) is 25.6 Å². The predicted octanol–water partition coefficient (Wildman–Crippen LogP) is 2.40. The molecule has 1 aliphatic rings. The van der Waals surface area contributed by atoms with Crippen molar-refractivity contribution in [3.8, 4) is 5.75 Å². The van der Waals surface area contributed by atoms with E-state index in [9.17, 15) is 9.90 Å². The van der Waals surface area contributed by atoms with Gasteiger partial charge >= 0.3 is 0 Å². The summed E-state index contributed by atoms with van der Waals surface area (Å²) >= 11 is 0. The number of fused-ring (bicyclic) bond motifs is 1. The summed E-state index contributed by atoms with van der Waals surface area (Å²) in [4.78, 5) is 14.4. The van der Waals surface area contributed by atoms with E-state index in [2.05, 4.69) is 19.0 Å². The molecular weight excluding hydrogens is 308 g/mol. The highest BCUT2D eigenvalue weighted by Gasteiger charge is 2.24. The molecule has 0 aliphatic carbocycles. The zero-order valence-electron chi connectivity index (χ0n) is 14.0. The van der Waals surface area contributed by atoms with Gasteiger partial charge in [0.05, 0.1) is 18.8 Å². The second kappa shape index (κ2) is 7.05. The fraction of sp³-hybridized carbons (Fsp3) is 0.444. The number of carbonyl (C=O) groups is 1. The first-order chi connectivity index (χ1) is 11.6. The molecule has 0 radical (unpaired) electrons. The van der Waals surface area contributed by atoms with Gasteiger partial charge in [-0.25, -0.2) is 0 Å². The van der Waals surface area contributed by atoms with Crippen molar-refractivity contribution >= 4 is 5.91 Å². The topological polar surface area (TPSA) is 75.8 Å². The molecule has 128 valence electrons. The summed E-state index contributed by atoms with van der Waals surface area (Å²) in [6.45, 7) is 5.46. The van der Waals surface area contributed by atoms with Gasteiger partial charge < -0.3 is 19.3 Å². The second-order valence-corrected chi connectivity index (χ2v) is 6.46. The molecule has 0 unspecified atom stereocenters. The Morgan fingerprint density at radius 2 is 2.21 bits per heavy atom. The molecule has 1 aliphatic heterocycles. The molecule has 0 spiro atoms. The van der Waals surface area contributed by atoms with Crippen LogP contribution in [0, 0.1) is 5.92 Å². The summed E-state index contributed by atoms with van der Waals surface area (Å²) in [6, 6.07) is 7.25. The predicted molar refractivity (Wildman–Crippen MR) is 87.6 cm³/mol. The Kier molecular flexibility index (Phi) is 4.85. The lowest BCUT2D eigenvalue weighted by Crippen LogP contribution is -2.32. The molecule has 3 rings (SSSR count). The largest absolute Gasteiger partial charge is 0.491 e. The van der Waals surface area contributed by atoms with Crippen molar-refractivity contribution in [2.45, 2.75) is 33.4 Å². The quantitative estimate of drug-likeness (QED) is 0.931. The molecule has 1 amide bonds. The maximum absolute atomic E-state index is 12.7. The molecule has 2 aromatic rings.